The molecule has 0 fully saturated rings. The molecule has 1 nitrogen and oxygen atoms in total. The summed E-state index contributed by atoms with van der Waals surface area (Å²) in [6.45, 7) is 5.26. The summed E-state index contributed by atoms with van der Waals surface area (Å²) in [6.07, 6.45) is 6.37. The van der Waals surface area contributed by atoms with E-state index in [-0.39, 0.29) is 11.2 Å². The molecule has 2 aliphatic heterocycles. The second-order valence-corrected chi connectivity index (χ2v) is 5.21. The van der Waals surface area contributed by atoms with Gasteiger partial charge in [-0.1, -0.05) is 26.0 Å². The van der Waals surface area contributed by atoms with E-state index in [0.717, 1.165) is 23.4 Å². The lowest BCUT2D eigenvalue weighted by Gasteiger charge is -2.42. The van der Waals surface area contributed by atoms with Gasteiger partial charge in [-0.25, -0.2) is 4.39 Å². The molecule has 0 radical (unpaired) electrons. The molecule has 2 bridgehead atoms. The number of benzene rings is 1. The van der Waals surface area contributed by atoms with E-state index in [4.69, 9.17) is 0 Å². The predicted molar refractivity (Wildman–Crippen MR) is 68.0 cm³/mol. The van der Waals surface area contributed by atoms with Crippen molar-refractivity contribution in [2.24, 2.45) is 5.92 Å². The van der Waals surface area contributed by atoms with Gasteiger partial charge in [-0.15, -0.1) is 0 Å². The van der Waals surface area contributed by atoms with E-state index in [9.17, 15) is 4.39 Å². The molecule has 2 heteroatoms. The Balaban J connectivity index is 2.32. The van der Waals surface area contributed by atoms with Crippen molar-refractivity contribution in [3.8, 4) is 0 Å². The van der Waals surface area contributed by atoms with Crippen LogP contribution in [-0.4, -0.2) is 6.54 Å². The molecule has 2 unspecified atom stereocenters. The third kappa shape index (κ3) is 1.43. The van der Waals surface area contributed by atoms with Crippen LogP contribution in [0.2, 0.25) is 0 Å². The summed E-state index contributed by atoms with van der Waals surface area (Å²) < 4.78 is 13.5. The van der Waals surface area contributed by atoms with Crippen LogP contribution in [0.4, 0.5) is 4.39 Å². The van der Waals surface area contributed by atoms with E-state index in [0.29, 0.717) is 5.92 Å². The molecule has 0 spiro atoms. The summed E-state index contributed by atoms with van der Waals surface area (Å²) in [5.74, 6) is 0.238. The fourth-order valence-corrected chi connectivity index (χ4v) is 2.78. The van der Waals surface area contributed by atoms with Crippen molar-refractivity contribution >= 4 is 5.70 Å². The topological polar surface area (TPSA) is 12.0 Å². The van der Waals surface area contributed by atoms with Crippen LogP contribution in [0.5, 0.6) is 0 Å². The Morgan fingerprint density at radius 3 is 3.06 bits per heavy atom. The maximum Gasteiger partial charge on any atom is 0.123 e. The Morgan fingerprint density at radius 1 is 1.41 bits per heavy atom. The summed E-state index contributed by atoms with van der Waals surface area (Å²) in [6, 6.07) is 5.11. The lowest BCUT2D eigenvalue weighted by Crippen LogP contribution is -2.45. The highest BCUT2D eigenvalue weighted by molar-refractivity contribution is 5.72. The van der Waals surface area contributed by atoms with Crippen LogP contribution >= 0.6 is 0 Å². The minimum Gasteiger partial charge on any atom is -0.384 e. The molecule has 0 aromatic heterocycles. The Labute approximate surface area is 101 Å². The molecule has 3 aliphatic rings. The fourth-order valence-electron chi connectivity index (χ4n) is 2.78. The van der Waals surface area contributed by atoms with Crippen LogP contribution in [0.3, 0.4) is 0 Å². The third-order valence-electron chi connectivity index (χ3n) is 4.20. The van der Waals surface area contributed by atoms with Crippen molar-refractivity contribution in [3.05, 3.63) is 53.4 Å². The molecule has 0 saturated heterocycles. The summed E-state index contributed by atoms with van der Waals surface area (Å²) in [7, 11) is 0. The molecule has 2 atom stereocenters. The monoisotopic (exact) mass is 229 g/mol. The molecule has 1 aliphatic carbocycles. The average Bonchev–Trinajstić information content (AvgIpc) is 2.30. The summed E-state index contributed by atoms with van der Waals surface area (Å²) in [5.41, 5.74) is 3.32. The Morgan fingerprint density at radius 2 is 2.24 bits per heavy atom. The Bertz CT molecular complexity index is 530. The molecule has 0 saturated carbocycles. The number of hydrogen-bond donors (Lipinski definition) is 1. The minimum atomic E-state index is -0.145. The van der Waals surface area contributed by atoms with Gasteiger partial charge in [-0.3, -0.25) is 0 Å². The van der Waals surface area contributed by atoms with Crippen LogP contribution in [0, 0.1) is 11.7 Å². The maximum atomic E-state index is 13.5. The zero-order valence-corrected chi connectivity index (χ0v) is 10.1. The first-order chi connectivity index (χ1) is 8.11. The van der Waals surface area contributed by atoms with Gasteiger partial charge in [-0.2, -0.15) is 0 Å². The van der Waals surface area contributed by atoms with Crippen LogP contribution in [-0.2, 0) is 5.41 Å². The van der Waals surface area contributed by atoms with E-state index in [2.05, 4.69) is 37.4 Å². The lowest BCUT2D eigenvalue weighted by molar-refractivity contribution is 0.352. The standard InChI is InChI=1S/C15H16FN/c1-10-4-3-5-14-12-7-6-11(16)8-13(12)15(10,2)9-17-14/h3-8,10,17H,9H2,1-2H3/b4-3-,14-5-. The molecular formula is C15H16FN. The van der Waals surface area contributed by atoms with E-state index >= 15 is 0 Å². The van der Waals surface area contributed by atoms with Crippen molar-refractivity contribution in [1.29, 1.82) is 0 Å². The van der Waals surface area contributed by atoms with Crippen LogP contribution in [0.1, 0.15) is 25.0 Å². The van der Waals surface area contributed by atoms with Gasteiger partial charge in [0.2, 0.25) is 0 Å². The second-order valence-electron chi connectivity index (χ2n) is 5.21. The number of rotatable bonds is 0. The van der Waals surface area contributed by atoms with Gasteiger partial charge in [-0.05, 0) is 35.8 Å². The number of hydrogen-bond acceptors (Lipinski definition) is 1. The van der Waals surface area contributed by atoms with Gasteiger partial charge >= 0.3 is 0 Å². The van der Waals surface area contributed by atoms with Gasteiger partial charge in [0, 0.05) is 23.2 Å². The van der Waals surface area contributed by atoms with Crippen LogP contribution < -0.4 is 5.32 Å². The van der Waals surface area contributed by atoms with E-state index in [1.165, 1.54) is 6.07 Å². The van der Waals surface area contributed by atoms with Gasteiger partial charge in [0.15, 0.2) is 0 Å². The predicted octanol–water partition coefficient (Wildman–Crippen LogP) is 3.23. The van der Waals surface area contributed by atoms with Crippen molar-refractivity contribution < 1.29 is 4.39 Å². The molecule has 17 heavy (non-hydrogen) atoms. The summed E-state index contributed by atoms with van der Waals surface area (Å²) in [4.78, 5) is 0. The zero-order valence-electron chi connectivity index (χ0n) is 10.1. The van der Waals surface area contributed by atoms with E-state index < -0.39 is 0 Å². The molecule has 4 rings (SSSR count). The van der Waals surface area contributed by atoms with Gasteiger partial charge in [0.1, 0.15) is 5.82 Å². The molecule has 2 heterocycles. The highest BCUT2D eigenvalue weighted by Gasteiger charge is 2.38. The first-order valence-electron chi connectivity index (χ1n) is 6.04. The largest absolute Gasteiger partial charge is 0.384 e. The van der Waals surface area contributed by atoms with E-state index in [1.54, 1.807) is 6.07 Å². The maximum absolute atomic E-state index is 13.5. The first-order valence-corrected chi connectivity index (χ1v) is 6.04. The highest BCUT2D eigenvalue weighted by Crippen LogP contribution is 2.41. The molecular weight excluding hydrogens is 213 g/mol. The minimum absolute atomic E-state index is 0.0360. The lowest BCUT2D eigenvalue weighted by atomic mass is 9.67. The van der Waals surface area contributed by atoms with E-state index in [1.807, 2.05) is 6.07 Å². The second kappa shape index (κ2) is 3.46. The van der Waals surface area contributed by atoms with Crippen molar-refractivity contribution in [1.82, 2.24) is 5.32 Å². The number of fused-ring (bicyclic) bond motifs is 3. The molecule has 1 aromatic rings. The summed E-state index contributed by atoms with van der Waals surface area (Å²) in [5, 5.41) is 3.46. The molecule has 0 amide bonds. The third-order valence-corrected chi connectivity index (χ3v) is 4.20. The zero-order chi connectivity index (χ0) is 12.0. The van der Waals surface area contributed by atoms with Crippen molar-refractivity contribution in [2.45, 2.75) is 19.3 Å². The Hall–Kier alpha value is -1.57. The fraction of sp³-hybridized carbons (Fsp3) is 0.333. The molecule has 1 N–H and O–H groups in total. The first kappa shape index (κ1) is 10.6. The number of allylic oxidation sites excluding steroid dienone is 3. The van der Waals surface area contributed by atoms with Crippen LogP contribution in [0.15, 0.2) is 36.4 Å². The normalized spacial score (nSPS) is 35.0. The number of halogens is 1. The highest BCUT2D eigenvalue weighted by atomic mass is 19.1. The van der Waals surface area contributed by atoms with Crippen LogP contribution in [0.25, 0.3) is 5.70 Å². The average molecular weight is 229 g/mol. The Kier molecular flexibility index (Phi) is 2.15. The van der Waals surface area contributed by atoms with Crippen molar-refractivity contribution in [3.63, 3.8) is 0 Å². The van der Waals surface area contributed by atoms with Gasteiger partial charge in [0.05, 0.1) is 0 Å². The quantitative estimate of drug-likeness (QED) is 0.720. The number of nitrogens with one attached hydrogen (secondary N) is 1. The molecule has 88 valence electrons. The smallest absolute Gasteiger partial charge is 0.123 e. The van der Waals surface area contributed by atoms with Gasteiger partial charge in [0.25, 0.3) is 0 Å². The van der Waals surface area contributed by atoms with Crippen molar-refractivity contribution in [2.75, 3.05) is 6.54 Å². The molecule has 1 aromatic carbocycles. The SMILES string of the molecule is CC1/C=C\C=C2/NCC1(C)c1cc(F)ccc12. The summed E-state index contributed by atoms with van der Waals surface area (Å²) >= 11 is 0. The van der Waals surface area contributed by atoms with Gasteiger partial charge < -0.3 is 5.32 Å².